The van der Waals surface area contributed by atoms with Gasteiger partial charge < -0.3 is 10.6 Å². The number of nitrogens with two attached hydrogens (primary N) is 1. The summed E-state index contributed by atoms with van der Waals surface area (Å²) in [6.07, 6.45) is -5.03. The van der Waals surface area contributed by atoms with E-state index in [9.17, 15) is 26.7 Å². The van der Waals surface area contributed by atoms with Gasteiger partial charge in [-0.3, -0.25) is 4.79 Å². The van der Waals surface area contributed by atoms with Crippen LogP contribution in [-0.4, -0.2) is 33.4 Å². The number of hydrogen-bond donors (Lipinski definition) is 1. The normalized spacial score (nSPS) is 14.5. The molecule has 0 radical (unpaired) electrons. The Hall–Kier alpha value is -3.11. The van der Waals surface area contributed by atoms with Crippen LogP contribution < -0.4 is 5.73 Å². The van der Waals surface area contributed by atoms with Crippen molar-refractivity contribution in [2.75, 3.05) is 6.54 Å². The first-order valence-corrected chi connectivity index (χ1v) is 11.1. The van der Waals surface area contributed by atoms with Crippen molar-refractivity contribution in [2.24, 2.45) is 5.73 Å². The molecule has 0 bridgehead atoms. The summed E-state index contributed by atoms with van der Waals surface area (Å²) in [6.45, 7) is -0.124. The molecule has 1 aromatic heterocycles. The number of amides is 1. The third-order valence-corrected chi connectivity index (χ3v) is 5.97. The maximum Gasteiger partial charge on any atom is 0.433 e. The summed E-state index contributed by atoms with van der Waals surface area (Å²) < 4.78 is 68.6. The zero-order chi connectivity index (χ0) is 25.3. The highest BCUT2D eigenvalue weighted by molar-refractivity contribution is 6.30. The average molecular weight is 511 g/mol. The van der Waals surface area contributed by atoms with Gasteiger partial charge in [0.05, 0.1) is 12.2 Å². The molecule has 35 heavy (non-hydrogen) atoms. The van der Waals surface area contributed by atoms with E-state index in [2.05, 4.69) is 9.97 Å². The predicted molar refractivity (Wildman–Crippen MR) is 119 cm³/mol. The molecule has 1 atom stereocenters. The quantitative estimate of drug-likeness (QED) is 0.494. The summed E-state index contributed by atoms with van der Waals surface area (Å²) in [7, 11) is 0. The first-order valence-electron chi connectivity index (χ1n) is 10.7. The summed E-state index contributed by atoms with van der Waals surface area (Å²) in [4.78, 5) is 22.3. The van der Waals surface area contributed by atoms with Gasteiger partial charge in [0, 0.05) is 35.2 Å². The number of aromatic nitrogens is 2. The van der Waals surface area contributed by atoms with Crippen LogP contribution in [0.25, 0.3) is 11.4 Å². The maximum absolute atomic E-state index is 13.9. The standard InChI is InChI=1S/C24H20ClF5N4O/c25-15-3-1-13(2-4-15)23-32-20-12-34(8-7-18(20)22(33-23)24(28,29)30)21(35)11-17(31)10-14-9-16(26)5-6-19(14)27/h1-6,9,17H,7-8,10-12,31H2/t17-/m1/s1. The Morgan fingerprint density at radius 1 is 1.11 bits per heavy atom. The summed E-state index contributed by atoms with van der Waals surface area (Å²) >= 11 is 5.87. The van der Waals surface area contributed by atoms with Crippen LogP contribution in [0.3, 0.4) is 0 Å². The molecule has 2 aromatic carbocycles. The molecule has 1 amide bonds. The summed E-state index contributed by atoms with van der Waals surface area (Å²) in [5.41, 5.74) is 5.41. The van der Waals surface area contributed by atoms with Crippen molar-refractivity contribution < 1.29 is 26.7 Å². The summed E-state index contributed by atoms with van der Waals surface area (Å²) in [6, 6.07) is 8.25. The molecule has 11 heteroatoms. The van der Waals surface area contributed by atoms with E-state index >= 15 is 0 Å². The number of rotatable bonds is 5. The van der Waals surface area contributed by atoms with Gasteiger partial charge in [-0.25, -0.2) is 18.7 Å². The van der Waals surface area contributed by atoms with Crippen molar-refractivity contribution >= 4 is 17.5 Å². The molecule has 184 valence electrons. The molecule has 5 nitrogen and oxygen atoms in total. The molecule has 2 heterocycles. The lowest BCUT2D eigenvalue weighted by atomic mass is 9.99. The third-order valence-electron chi connectivity index (χ3n) is 5.72. The van der Waals surface area contributed by atoms with Crippen molar-refractivity contribution in [1.82, 2.24) is 14.9 Å². The molecule has 0 aliphatic carbocycles. The average Bonchev–Trinajstić information content (AvgIpc) is 2.80. The molecule has 1 aliphatic heterocycles. The van der Waals surface area contributed by atoms with Crippen LogP contribution in [0.5, 0.6) is 0 Å². The van der Waals surface area contributed by atoms with Crippen molar-refractivity contribution in [3.63, 3.8) is 0 Å². The monoisotopic (exact) mass is 510 g/mol. The topological polar surface area (TPSA) is 72.1 Å². The zero-order valence-corrected chi connectivity index (χ0v) is 19.0. The minimum absolute atomic E-state index is 0.0274. The fourth-order valence-electron chi connectivity index (χ4n) is 4.01. The number of carbonyl (C=O) groups is 1. The highest BCUT2D eigenvalue weighted by Crippen LogP contribution is 2.35. The Bertz CT molecular complexity index is 1250. The van der Waals surface area contributed by atoms with E-state index in [0.29, 0.717) is 10.6 Å². The Morgan fingerprint density at radius 2 is 1.83 bits per heavy atom. The van der Waals surface area contributed by atoms with Crippen LogP contribution in [0, 0.1) is 11.6 Å². The van der Waals surface area contributed by atoms with Gasteiger partial charge in [-0.2, -0.15) is 13.2 Å². The second-order valence-corrected chi connectivity index (χ2v) is 8.73. The Labute approximate surface area is 202 Å². The lowest BCUT2D eigenvalue weighted by Gasteiger charge is -2.30. The molecular weight excluding hydrogens is 491 g/mol. The smallest absolute Gasteiger partial charge is 0.336 e. The SMILES string of the molecule is N[C@@H](CC(=O)N1CCc2c(nc(-c3ccc(Cl)cc3)nc2C(F)(F)F)C1)Cc1cc(F)ccc1F. The predicted octanol–water partition coefficient (Wildman–Crippen LogP) is 4.94. The van der Waals surface area contributed by atoms with Gasteiger partial charge in [0.15, 0.2) is 11.5 Å². The van der Waals surface area contributed by atoms with Crippen molar-refractivity contribution in [3.8, 4) is 11.4 Å². The van der Waals surface area contributed by atoms with E-state index in [-0.39, 0.29) is 55.0 Å². The van der Waals surface area contributed by atoms with E-state index in [1.165, 1.54) is 29.2 Å². The number of benzene rings is 2. The van der Waals surface area contributed by atoms with Crippen LogP contribution in [0.1, 0.15) is 28.9 Å². The number of fused-ring (bicyclic) bond motifs is 1. The molecule has 0 saturated carbocycles. The second-order valence-electron chi connectivity index (χ2n) is 8.30. The van der Waals surface area contributed by atoms with Gasteiger partial charge >= 0.3 is 6.18 Å². The zero-order valence-electron chi connectivity index (χ0n) is 18.2. The Kier molecular flexibility index (Phi) is 7.05. The lowest BCUT2D eigenvalue weighted by Crippen LogP contribution is -2.41. The fraction of sp³-hybridized carbons (Fsp3) is 0.292. The van der Waals surface area contributed by atoms with Gasteiger partial charge in [0.25, 0.3) is 0 Å². The van der Waals surface area contributed by atoms with Crippen LogP contribution in [0.2, 0.25) is 5.02 Å². The van der Waals surface area contributed by atoms with E-state index < -0.39 is 35.5 Å². The summed E-state index contributed by atoms with van der Waals surface area (Å²) in [5.74, 6) is -1.79. The van der Waals surface area contributed by atoms with Crippen LogP contribution in [0.4, 0.5) is 22.0 Å². The highest BCUT2D eigenvalue weighted by atomic mass is 35.5. The van der Waals surface area contributed by atoms with Crippen molar-refractivity contribution in [2.45, 2.75) is 38.0 Å². The minimum Gasteiger partial charge on any atom is -0.336 e. The van der Waals surface area contributed by atoms with Crippen molar-refractivity contribution in [3.05, 3.63) is 81.6 Å². The molecule has 1 aliphatic rings. The number of hydrogen-bond acceptors (Lipinski definition) is 4. The number of alkyl halides is 3. The van der Waals surface area contributed by atoms with E-state index in [4.69, 9.17) is 17.3 Å². The number of nitrogens with zero attached hydrogens (tertiary/aromatic N) is 3. The van der Waals surface area contributed by atoms with Gasteiger partial charge in [0.2, 0.25) is 5.91 Å². The number of halogens is 6. The Balaban J connectivity index is 1.55. The molecular formula is C24H20ClF5N4O. The molecule has 2 N–H and O–H groups in total. The van der Waals surface area contributed by atoms with Crippen LogP contribution in [-0.2, 0) is 30.4 Å². The van der Waals surface area contributed by atoms with Crippen LogP contribution >= 0.6 is 11.6 Å². The van der Waals surface area contributed by atoms with E-state index in [1.807, 2.05) is 0 Å². The van der Waals surface area contributed by atoms with Gasteiger partial charge in [-0.15, -0.1) is 0 Å². The van der Waals surface area contributed by atoms with E-state index in [0.717, 1.165) is 18.2 Å². The number of carbonyl (C=O) groups excluding carboxylic acids is 1. The maximum atomic E-state index is 13.9. The van der Waals surface area contributed by atoms with Gasteiger partial charge in [-0.05, 0) is 60.9 Å². The molecule has 3 aromatic rings. The fourth-order valence-corrected chi connectivity index (χ4v) is 4.14. The molecule has 0 saturated heterocycles. The highest BCUT2D eigenvalue weighted by Gasteiger charge is 2.39. The minimum atomic E-state index is -4.70. The third kappa shape index (κ3) is 5.76. The molecule has 0 fully saturated rings. The van der Waals surface area contributed by atoms with Crippen molar-refractivity contribution in [1.29, 1.82) is 0 Å². The van der Waals surface area contributed by atoms with Gasteiger partial charge in [-0.1, -0.05) is 11.6 Å². The second kappa shape index (κ2) is 9.87. The largest absolute Gasteiger partial charge is 0.433 e. The van der Waals surface area contributed by atoms with Gasteiger partial charge in [0.1, 0.15) is 11.6 Å². The first kappa shape index (κ1) is 25.0. The Morgan fingerprint density at radius 3 is 2.51 bits per heavy atom. The molecule has 0 spiro atoms. The summed E-state index contributed by atoms with van der Waals surface area (Å²) in [5, 5.41) is 0.411. The lowest BCUT2D eigenvalue weighted by molar-refractivity contribution is -0.142. The van der Waals surface area contributed by atoms with Crippen LogP contribution in [0.15, 0.2) is 42.5 Å². The van der Waals surface area contributed by atoms with E-state index in [1.54, 1.807) is 0 Å². The first-order chi connectivity index (χ1) is 16.5. The molecule has 0 unspecified atom stereocenters. The molecule has 4 rings (SSSR count).